The van der Waals surface area contributed by atoms with Crippen molar-refractivity contribution in [2.45, 2.75) is 38.1 Å². The van der Waals surface area contributed by atoms with Crippen LogP contribution in [0.2, 0.25) is 0 Å². The summed E-state index contributed by atoms with van der Waals surface area (Å²) in [5.74, 6) is 0.461. The molecule has 1 aliphatic rings. The summed E-state index contributed by atoms with van der Waals surface area (Å²) in [5, 5.41) is 2.11. The summed E-state index contributed by atoms with van der Waals surface area (Å²) in [4.78, 5) is 6.14. The largest absolute Gasteiger partial charge is 0.316 e. The van der Waals surface area contributed by atoms with E-state index in [1.54, 1.807) is 27.8 Å². The van der Waals surface area contributed by atoms with Crippen molar-refractivity contribution in [3.63, 3.8) is 0 Å². The number of rotatable bonds is 6. The monoisotopic (exact) mass is 441 g/mol. The maximum atomic E-state index is 12.8. The van der Waals surface area contributed by atoms with Crippen LogP contribution in [0.3, 0.4) is 0 Å². The molecule has 2 aromatic carbocycles. The fourth-order valence-corrected chi connectivity index (χ4v) is 6.13. The number of para-hydroxylation sites is 1. The molecule has 1 saturated heterocycles. The Morgan fingerprint density at radius 3 is 2.30 bits per heavy atom. The van der Waals surface area contributed by atoms with Crippen LogP contribution in [0.1, 0.15) is 26.7 Å². The highest BCUT2D eigenvalue weighted by molar-refractivity contribution is 7.89. The average molecular weight is 442 g/mol. The van der Waals surface area contributed by atoms with E-state index in [9.17, 15) is 8.42 Å². The maximum absolute atomic E-state index is 12.8. The molecule has 0 aliphatic carbocycles. The lowest BCUT2D eigenvalue weighted by atomic mass is 10.1. The van der Waals surface area contributed by atoms with E-state index >= 15 is 0 Å². The second-order valence-corrected chi connectivity index (χ2v) is 10.8. The fourth-order valence-electron chi connectivity index (χ4n) is 3.68. The summed E-state index contributed by atoms with van der Waals surface area (Å²) in [6, 6.07) is 17.2. The lowest BCUT2D eigenvalue weighted by molar-refractivity contribution is 0.477. The summed E-state index contributed by atoms with van der Waals surface area (Å²) in [7, 11) is -3.39. The third kappa shape index (κ3) is 4.43. The predicted octanol–water partition coefficient (Wildman–Crippen LogP) is 4.89. The van der Waals surface area contributed by atoms with E-state index in [0.717, 1.165) is 41.1 Å². The van der Waals surface area contributed by atoms with E-state index < -0.39 is 10.0 Å². The molecule has 3 aromatic rings. The van der Waals surface area contributed by atoms with Crippen LogP contribution >= 0.6 is 11.3 Å². The number of benzene rings is 2. The molecule has 30 heavy (non-hydrogen) atoms. The summed E-state index contributed by atoms with van der Waals surface area (Å²) in [5.41, 5.74) is 2.99. The van der Waals surface area contributed by atoms with Crippen molar-refractivity contribution in [2.75, 3.05) is 13.1 Å². The second-order valence-electron chi connectivity index (χ2n) is 7.99. The summed E-state index contributed by atoms with van der Waals surface area (Å²) in [6.07, 6.45) is 1.88. The van der Waals surface area contributed by atoms with Crippen LogP contribution in [-0.4, -0.2) is 30.4 Å². The number of aromatic nitrogens is 1. The molecule has 0 bridgehead atoms. The van der Waals surface area contributed by atoms with E-state index in [1.165, 1.54) is 0 Å². The van der Waals surface area contributed by atoms with Gasteiger partial charge in [0, 0.05) is 25.0 Å². The highest BCUT2D eigenvalue weighted by Crippen LogP contribution is 2.26. The zero-order valence-electron chi connectivity index (χ0n) is 17.4. The van der Waals surface area contributed by atoms with E-state index in [1.807, 2.05) is 42.5 Å². The van der Waals surface area contributed by atoms with Gasteiger partial charge < -0.3 is 4.57 Å². The Morgan fingerprint density at radius 2 is 1.67 bits per heavy atom. The summed E-state index contributed by atoms with van der Waals surface area (Å²) >= 11 is 1.61. The number of sulfonamides is 1. The van der Waals surface area contributed by atoms with Crippen molar-refractivity contribution in [1.82, 2.24) is 8.87 Å². The number of thiazole rings is 1. The van der Waals surface area contributed by atoms with Crippen molar-refractivity contribution in [3.8, 4) is 11.3 Å². The van der Waals surface area contributed by atoms with Crippen LogP contribution < -0.4 is 4.80 Å². The van der Waals surface area contributed by atoms with Gasteiger partial charge in [-0.3, -0.25) is 0 Å². The Balaban J connectivity index is 1.71. The van der Waals surface area contributed by atoms with Crippen molar-refractivity contribution in [1.29, 1.82) is 0 Å². The molecule has 2 heterocycles. The van der Waals surface area contributed by atoms with Gasteiger partial charge in [-0.25, -0.2) is 13.4 Å². The molecule has 1 fully saturated rings. The molecule has 158 valence electrons. The van der Waals surface area contributed by atoms with E-state index in [4.69, 9.17) is 4.99 Å². The van der Waals surface area contributed by atoms with Gasteiger partial charge in [0.15, 0.2) is 4.80 Å². The molecular weight excluding hydrogens is 414 g/mol. The molecule has 0 spiro atoms. The normalized spacial score (nSPS) is 15.9. The van der Waals surface area contributed by atoms with E-state index in [-0.39, 0.29) is 0 Å². The Bertz CT molecular complexity index is 1160. The third-order valence-electron chi connectivity index (χ3n) is 5.18. The first-order valence-electron chi connectivity index (χ1n) is 10.3. The molecule has 0 radical (unpaired) electrons. The standard InChI is InChI=1S/C23H27N3O2S2/c1-18(2)16-26-22(17-29-23(26)24-20-8-4-3-5-9-20)19-10-12-21(13-11-19)30(27,28)25-14-6-7-15-25/h3-5,8-13,17-18H,6-7,14-16H2,1-2H3. The number of hydrogen-bond acceptors (Lipinski definition) is 4. The van der Waals surface area contributed by atoms with Gasteiger partial charge in [0.25, 0.3) is 0 Å². The van der Waals surface area contributed by atoms with Gasteiger partial charge >= 0.3 is 0 Å². The summed E-state index contributed by atoms with van der Waals surface area (Å²) in [6.45, 7) is 6.46. The van der Waals surface area contributed by atoms with Crippen LogP contribution in [-0.2, 0) is 16.6 Å². The third-order valence-corrected chi connectivity index (χ3v) is 7.96. The van der Waals surface area contributed by atoms with Gasteiger partial charge in [0.1, 0.15) is 0 Å². The van der Waals surface area contributed by atoms with Crippen LogP contribution in [0.5, 0.6) is 0 Å². The van der Waals surface area contributed by atoms with Gasteiger partial charge in [0.2, 0.25) is 10.0 Å². The van der Waals surface area contributed by atoms with Gasteiger partial charge in [-0.15, -0.1) is 11.3 Å². The molecule has 7 heteroatoms. The maximum Gasteiger partial charge on any atom is 0.243 e. The molecule has 4 rings (SSSR count). The van der Waals surface area contributed by atoms with Crippen molar-refractivity contribution in [3.05, 3.63) is 64.8 Å². The molecule has 0 atom stereocenters. The molecule has 0 N–H and O–H groups in total. The molecule has 0 unspecified atom stereocenters. The zero-order valence-corrected chi connectivity index (χ0v) is 19.0. The van der Waals surface area contributed by atoms with Gasteiger partial charge in [-0.1, -0.05) is 44.2 Å². The van der Waals surface area contributed by atoms with Crippen molar-refractivity contribution >= 4 is 27.0 Å². The molecular formula is C23H27N3O2S2. The van der Waals surface area contributed by atoms with Gasteiger partial charge in [-0.05, 0) is 48.6 Å². The minimum atomic E-state index is -3.39. The first kappa shape index (κ1) is 21.0. The Kier molecular flexibility index (Phi) is 6.22. The molecule has 1 aromatic heterocycles. The SMILES string of the molecule is CC(C)Cn1c(-c2ccc(S(=O)(=O)N3CCCC3)cc2)csc1=Nc1ccccc1. The fraction of sp³-hybridized carbons (Fsp3) is 0.348. The first-order valence-corrected chi connectivity index (χ1v) is 12.7. The van der Waals surface area contributed by atoms with Crippen molar-refractivity contribution < 1.29 is 8.42 Å². The molecule has 0 amide bonds. The predicted molar refractivity (Wildman–Crippen MR) is 122 cm³/mol. The first-order chi connectivity index (χ1) is 14.4. The molecule has 5 nitrogen and oxygen atoms in total. The zero-order chi connectivity index (χ0) is 21.1. The Morgan fingerprint density at radius 1 is 1.00 bits per heavy atom. The van der Waals surface area contributed by atoms with Gasteiger partial charge in [0.05, 0.1) is 16.3 Å². The van der Waals surface area contributed by atoms with Crippen LogP contribution in [0.25, 0.3) is 11.3 Å². The van der Waals surface area contributed by atoms with Crippen LogP contribution in [0.15, 0.2) is 69.9 Å². The minimum absolute atomic E-state index is 0.369. The second kappa shape index (κ2) is 8.88. The Hall–Kier alpha value is -2.22. The van der Waals surface area contributed by atoms with Crippen LogP contribution in [0, 0.1) is 5.92 Å². The lowest BCUT2D eigenvalue weighted by Gasteiger charge is -2.16. The van der Waals surface area contributed by atoms with Crippen molar-refractivity contribution in [2.24, 2.45) is 10.9 Å². The highest BCUT2D eigenvalue weighted by atomic mass is 32.2. The smallest absolute Gasteiger partial charge is 0.243 e. The van der Waals surface area contributed by atoms with E-state index in [0.29, 0.717) is 23.9 Å². The highest BCUT2D eigenvalue weighted by Gasteiger charge is 2.27. The topological polar surface area (TPSA) is 54.7 Å². The molecule has 1 aliphatic heterocycles. The summed E-state index contributed by atoms with van der Waals surface area (Å²) < 4.78 is 29.4. The van der Waals surface area contributed by atoms with Crippen LogP contribution in [0.4, 0.5) is 5.69 Å². The Labute approximate surface area is 182 Å². The number of nitrogens with zero attached hydrogens (tertiary/aromatic N) is 3. The quantitative estimate of drug-likeness (QED) is 0.547. The van der Waals surface area contributed by atoms with E-state index in [2.05, 4.69) is 23.8 Å². The lowest BCUT2D eigenvalue weighted by Crippen LogP contribution is -2.27. The average Bonchev–Trinajstić information content (AvgIpc) is 3.40. The minimum Gasteiger partial charge on any atom is -0.316 e. The number of hydrogen-bond donors (Lipinski definition) is 0. The van der Waals surface area contributed by atoms with Gasteiger partial charge in [-0.2, -0.15) is 4.31 Å². The molecule has 0 saturated carbocycles.